The van der Waals surface area contributed by atoms with Gasteiger partial charge in [-0.3, -0.25) is 4.79 Å². The predicted octanol–water partition coefficient (Wildman–Crippen LogP) is 2.43. The number of halogens is 1. The maximum absolute atomic E-state index is 11.2. The van der Waals surface area contributed by atoms with Gasteiger partial charge in [0.25, 0.3) is 0 Å². The molecule has 0 aromatic rings. The minimum atomic E-state index is -0.864. The largest absolute Gasteiger partial charge is 0.481 e. The van der Waals surface area contributed by atoms with E-state index in [1.807, 2.05) is 13.8 Å². The topological polar surface area (TPSA) is 75.6 Å². The van der Waals surface area contributed by atoms with E-state index in [4.69, 9.17) is 16.7 Å². The molecule has 0 aromatic heterocycles. The van der Waals surface area contributed by atoms with Crippen LogP contribution in [0.1, 0.15) is 33.6 Å². The Morgan fingerprint density at radius 2 is 1.94 bits per heavy atom. The fourth-order valence-electron chi connectivity index (χ4n) is 1.57. The molecular formula is C11H20ClNO4. The molecule has 5 nitrogen and oxygen atoms in total. The summed E-state index contributed by atoms with van der Waals surface area (Å²) in [5.74, 6) is -0.577. The monoisotopic (exact) mass is 265 g/mol. The summed E-state index contributed by atoms with van der Waals surface area (Å²) in [5, 5.41) is 11.3. The third-order valence-electron chi connectivity index (χ3n) is 2.07. The smallest absolute Gasteiger partial charge is 0.408 e. The first-order valence-corrected chi connectivity index (χ1v) is 6.05. The average molecular weight is 266 g/mol. The molecule has 2 atom stereocenters. The quantitative estimate of drug-likeness (QED) is 0.693. The van der Waals surface area contributed by atoms with Gasteiger partial charge >= 0.3 is 12.1 Å². The van der Waals surface area contributed by atoms with E-state index < -0.39 is 17.6 Å². The Balaban J connectivity index is 4.06. The van der Waals surface area contributed by atoms with Gasteiger partial charge in [-0.2, -0.15) is 0 Å². The lowest BCUT2D eigenvalue weighted by atomic mass is 9.94. The molecule has 0 saturated carbocycles. The van der Waals surface area contributed by atoms with Crippen molar-refractivity contribution in [1.29, 1.82) is 0 Å². The Morgan fingerprint density at radius 1 is 1.35 bits per heavy atom. The molecule has 0 bridgehead atoms. The highest BCUT2D eigenvalue weighted by Crippen LogP contribution is 2.14. The average Bonchev–Trinajstić information content (AvgIpc) is 2.11. The molecule has 0 aromatic carbocycles. The molecular weight excluding hydrogens is 246 g/mol. The lowest BCUT2D eigenvalue weighted by Gasteiger charge is -2.17. The summed E-state index contributed by atoms with van der Waals surface area (Å²) < 4.78 is 4.68. The lowest BCUT2D eigenvalue weighted by molar-refractivity contribution is -0.138. The van der Waals surface area contributed by atoms with E-state index in [0.717, 1.165) is 6.42 Å². The molecule has 0 aliphatic rings. The van der Waals surface area contributed by atoms with Crippen molar-refractivity contribution in [2.75, 3.05) is 6.54 Å². The number of rotatable bonds is 7. The van der Waals surface area contributed by atoms with E-state index in [2.05, 4.69) is 10.1 Å². The van der Waals surface area contributed by atoms with Crippen molar-refractivity contribution in [3.63, 3.8) is 0 Å². The van der Waals surface area contributed by atoms with Gasteiger partial charge in [0.05, 0.1) is 0 Å². The van der Waals surface area contributed by atoms with Crippen LogP contribution in [0.15, 0.2) is 0 Å². The van der Waals surface area contributed by atoms with E-state index in [1.54, 1.807) is 0 Å². The number of alkyl carbamates (subject to hydrolysis) is 1. The molecule has 0 rings (SSSR count). The molecule has 0 fully saturated rings. The minimum Gasteiger partial charge on any atom is -0.481 e. The van der Waals surface area contributed by atoms with E-state index in [1.165, 1.54) is 6.92 Å². The van der Waals surface area contributed by atoms with Crippen LogP contribution in [0.4, 0.5) is 4.79 Å². The van der Waals surface area contributed by atoms with Gasteiger partial charge in [0.1, 0.15) is 0 Å². The van der Waals surface area contributed by atoms with Crippen molar-refractivity contribution in [3.8, 4) is 0 Å². The van der Waals surface area contributed by atoms with Crippen molar-refractivity contribution >= 4 is 23.7 Å². The van der Waals surface area contributed by atoms with Crippen LogP contribution in [0.2, 0.25) is 0 Å². The second kappa shape index (κ2) is 8.17. The first-order valence-electron chi connectivity index (χ1n) is 5.61. The summed E-state index contributed by atoms with van der Waals surface area (Å²) in [4.78, 5) is 21.8. The number of hydrogen-bond donors (Lipinski definition) is 2. The number of carboxylic acids is 1. The van der Waals surface area contributed by atoms with Crippen LogP contribution in [0.5, 0.6) is 0 Å². The number of carbonyl (C=O) groups is 2. The molecule has 2 N–H and O–H groups in total. The zero-order valence-electron chi connectivity index (χ0n) is 10.4. The maximum atomic E-state index is 11.2. The van der Waals surface area contributed by atoms with Gasteiger partial charge in [-0.05, 0) is 25.2 Å². The Kier molecular flexibility index (Phi) is 7.70. The molecule has 0 aliphatic carbocycles. The number of carbonyl (C=O) groups excluding carboxylic acids is 1. The zero-order valence-corrected chi connectivity index (χ0v) is 11.2. The van der Waals surface area contributed by atoms with Gasteiger partial charge in [0.2, 0.25) is 0 Å². The molecule has 0 radical (unpaired) electrons. The van der Waals surface area contributed by atoms with Crippen LogP contribution in [0.3, 0.4) is 0 Å². The van der Waals surface area contributed by atoms with Gasteiger partial charge in [-0.15, -0.1) is 0 Å². The second-order valence-corrected chi connectivity index (χ2v) is 5.04. The maximum Gasteiger partial charge on any atom is 0.408 e. The SMILES string of the molecule is CC(C)CC(CNC(=O)OC(C)Cl)CC(=O)O. The third-order valence-corrected chi connectivity index (χ3v) is 2.16. The van der Waals surface area contributed by atoms with Gasteiger partial charge in [-0.25, -0.2) is 4.79 Å². The number of amides is 1. The zero-order chi connectivity index (χ0) is 13.4. The molecule has 0 spiro atoms. The molecule has 6 heteroatoms. The van der Waals surface area contributed by atoms with Crippen LogP contribution in [-0.4, -0.2) is 29.3 Å². The number of hydrogen-bond acceptors (Lipinski definition) is 3. The van der Waals surface area contributed by atoms with Crippen LogP contribution in [0, 0.1) is 11.8 Å². The van der Waals surface area contributed by atoms with E-state index in [-0.39, 0.29) is 18.9 Å². The summed E-state index contributed by atoms with van der Waals surface area (Å²) in [6.45, 7) is 5.83. The molecule has 0 aliphatic heterocycles. The normalized spacial score (nSPS) is 14.2. The minimum absolute atomic E-state index is 0.0366. The first-order chi connectivity index (χ1) is 7.81. The van der Waals surface area contributed by atoms with Gasteiger partial charge in [0.15, 0.2) is 5.56 Å². The Labute approximate surface area is 106 Å². The summed E-state index contributed by atoms with van der Waals surface area (Å²) in [7, 11) is 0. The number of ether oxygens (including phenoxy) is 1. The summed E-state index contributed by atoms with van der Waals surface area (Å²) in [5.41, 5.74) is -0.696. The molecule has 1 amide bonds. The highest BCUT2D eigenvalue weighted by molar-refractivity contribution is 6.19. The molecule has 100 valence electrons. The van der Waals surface area contributed by atoms with E-state index in [0.29, 0.717) is 5.92 Å². The number of alkyl halides is 1. The van der Waals surface area contributed by atoms with E-state index >= 15 is 0 Å². The molecule has 2 unspecified atom stereocenters. The predicted molar refractivity (Wildman–Crippen MR) is 65.0 cm³/mol. The van der Waals surface area contributed by atoms with Crippen molar-refractivity contribution in [2.45, 2.75) is 39.2 Å². The Bertz CT molecular complexity index is 256. The Hall–Kier alpha value is -0.970. The van der Waals surface area contributed by atoms with Crippen LogP contribution in [-0.2, 0) is 9.53 Å². The van der Waals surface area contributed by atoms with Crippen molar-refractivity contribution in [2.24, 2.45) is 11.8 Å². The molecule has 17 heavy (non-hydrogen) atoms. The summed E-state index contributed by atoms with van der Waals surface area (Å²) >= 11 is 5.48. The number of aliphatic carboxylic acids is 1. The summed E-state index contributed by atoms with van der Waals surface area (Å²) in [6.07, 6.45) is 0.157. The highest BCUT2D eigenvalue weighted by Gasteiger charge is 2.16. The van der Waals surface area contributed by atoms with Crippen molar-refractivity contribution in [3.05, 3.63) is 0 Å². The fourth-order valence-corrected chi connectivity index (χ4v) is 1.65. The lowest BCUT2D eigenvalue weighted by Crippen LogP contribution is -2.32. The second-order valence-electron chi connectivity index (χ2n) is 4.42. The van der Waals surface area contributed by atoms with Gasteiger partial charge in [0, 0.05) is 13.0 Å². The summed E-state index contributed by atoms with van der Waals surface area (Å²) in [6, 6.07) is 0. The van der Waals surface area contributed by atoms with Crippen LogP contribution in [0.25, 0.3) is 0 Å². The van der Waals surface area contributed by atoms with Crippen LogP contribution < -0.4 is 5.32 Å². The Morgan fingerprint density at radius 3 is 2.35 bits per heavy atom. The molecule has 0 saturated heterocycles. The first kappa shape index (κ1) is 16.0. The van der Waals surface area contributed by atoms with Crippen molar-refractivity contribution in [1.82, 2.24) is 5.32 Å². The fraction of sp³-hybridized carbons (Fsp3) is 0.818. The molecule has 0 heterocycles. The number of carboxylic acid groups (broad SMARTS) is 1. The van der Waals surface area contributed by atoms with Gasteiger partial charge < -0.3 is 15.2 Å². The highest BCUT2D eigenvalue weighted by atomic mass is 35.5. The van der Waals surface area contributed by atoms with Crippen LogP contribution >= 0.6 is 11.6 Å². The van der Waals surface area contributed by atoms with Crippen molar-refractivity contribution < 1.29 is 19.4 Å². The van der Waals surface area contributed by atoms with E-state index in [9.17, 15) is 9.59 Å². The van der Waals surface area contributed by atoms with Gasteiger partial charge in [-0.1, -0.05) is 25.4 Å². The number of nitrogens with one attached hydrogen (secondary N) is 1. The standard InChI is InChI=1S/C11H20ClNO4/c1-7(2)4-9(5-10(14)15)6-13-11(16)17-8(3)12/h7-9H,4-6H2,1-3H3,(H,13,16)(H,14,15). The third kappa shape index (κ3) is 9.93.